The van der Waals surface area contributed by atoms with Gasteiger partial charge in [0.15, 0.2) is 0 Å². The molecular formula is C14H15N3. The summed E-state index contributed by atoms with van der Waals surface area (Å²) < 4.78 is 0. The highest BCUT2D eigenvalue weighted by molar-refractivity contribution is 5.77. The van der Waals surface area contributed by atoms with Crippen molar-refractivity contribution in [3.63, 3.8) is 0 Å². The fourth-order valence-electron chi connectivity index (χ4n) is 3.24. The Morgan fingerprint density at radius 2 is 2.12 bits per heavy atom. The topological polar surface area (TPSA) is 29.0 Å². The van der Waals surface area contributed by atoms with Crippen molar-refractivity contribution in [2.75, 3.05) is 19.6 Å². The van der Waals surface area contributed by atoms with Gasteiger partial charge in [-0.15, -0.1) is 0 Å². The largest absolute Gasteiger partial charge is 0.302 e. The Hall–Kier alpha value is -1.48. The van der Waals surface area contributed by atoms with Crippen LogP contribution in [0.1, 0.15) is 18.2 Å². The van der Waals surface area contributed by atoms with Crippen molar-refractivity contribution in [1.82, 2.24) is 14.9 Å². The Kier molecular flexibility index (Phi) is 1.97. The van der Waals surface area contributed by atoms with Gasteiger partial charge in [0.05, 0.1) is 5.52 Å². The molecule has 0 N–H and O–H groups in total. The number of nitrogens with zero attached hydrogens (tertiary/aromatic N) is 3. The molecule has 0 amide bonds. The van der Waals surface area contributed by atoms with Gasteiger partial charge in [-0.3, -0.25) is 0 Å². The molecule has 17 heavy (non-hydrogen) atoms. The number of rotatable bonds is 1. The second-order valence-electron chi connectivity index (χ2n) is 5.20. The molecule has 3 nitrogen and oxygen atoms in total. The molecule has 0 saturated carbocycles. The van der Waals surface area contributed by atoms with Crippen molar-refractivity contribution in [2.24, 2.45) is 5.92 Å². The molecular weight excluding hydrogens is 210 g/mol. The van der Waals surface area contributed by atoms with Gasteiger partial charge in [0, 0.05) is 30.6 Å². The lowest BCUT2D eigenvalue weighted by molar-refractivity contribution is 0.341. The van der Waals surface area contributed by atoms with Crippen LogP contribution in [-0.4, -0.2) is 34.5 Å². The Morgan fingerprint density at radius 1 is 1.18 bits per heavy atom. The summed E-state index contributed by atoms with van der Waals surface area (Å²) in [6, 6.07) is 8.23. The van der Waals surface area contributed by atoms with E-state index in [2.05, 4.69) is 22.0 Å². The zero-order valence-electron chi connectivity index (χ0n) is 9.71. The smallest absolute Gasteiger partial charge is 0.133 e. The first-order valence-corrected chi connectivity index (χ1v) is 6.34. The molecule has 0 radical (unpaired) electrons. The number of hydrogen-bond donors (Lipinski definition) is 0. The first kappa shape index (κ1) is 9.54. The molecule has 2 aliphatic heterocycles. The molecule has 3 heteroatoms. The van der Waals surface area contributed by atoms with Crippen molar-refractivity contribution in [3.8, 4) is 0 Å². The van der Waals surface area contributed by atoms with Crippen LogP contribution in [-0.2, 0) is 0 Å². The summed E-state index contributed by atoms with van der Waals surface area (Å²) in [7, 11) is 0. The number of hydrogen-bond acceptors (Lipinski definition) is 3. The van der Waals surface area contributed by atoms with Gasteiger partial charge in [-0.25, -0.2) is 9.97 Å². The summed E-state index contributed by atoms with van der Waals surface area (Å²) in [5.74, 6) is 2.40. The minimum absolute atomic E-state index is 0.563. The minimum atomic E-state index is 0.563. The zero-order chi connectivity index (χ0) is 11.2. The van der Waals surface area contributed by atoms with Gasteiger partial charge < -0.3 is 4.90 Å². The number of para-hydroxylation sites is 1. The van der Waals surface area contributed by atoms with Crippen LogP contribution in [0, 0.1) is 5.92 Å². The van der Waals surface area contributed by atoms with Gasteiger partial charge in [-0.05, 0) is 24.9 Å². The third-order valence-electron chi connectivity index (χ3n) is 4.17. The van der Waals surface area contributed by atoms with E-state index in [-0.39, 0.29) is 0 Å². The maximum Gasteiger partial charge on any atom is 0.133 e. The maximum absolute atomic E-state index is 4.74. The fraction of sp³-hybridized carbons (Fsp3) is 0.429. The highest BCUT2D eigenvalue weighted by Gasteiger charge is 2.40. The van der Waals surface area contributed by atoms with Gasteiger partial charge >= 0.3 is 0 Å². The average Bonchev–Trinajstić information content (AvgIpc) is 3.00. The molecule has 86 valence electrons. The third-order valence-corrected chi connectivity index (χ3v) is 4.17. The number of piperidine rings is 1. The summed E-state index contributed by atoms with van der Waals surface area (Å²) in [4.78, 5) is 11.8. The second-order valence-corrected chi connectivity index (χ2v) is 5.20. The molecule has 2 bridgehead atoms. The van der Waals surface area contributed by atoms with E-state index >= 15 is 0 Å². The summed E-state index contributed by atoms with van der Waals surface area (Å²) in [6.45, 7) is 3.68. The molecule has 3 unspecified atom stereocenters. The van der Waals surface area contributed by atoms with Crippen LogP contribution < -0.4 is 0 Å². The monoisotopic (exact) mass is 225 g/mol. The van der Waals surface area contributed by atoms with Gasteiger partial charge in [-0.1, -0.05) is 18.2 Å². The van der Waals surface area contributed by atoms with E-state index in [4.69, 9.17) is 4.98 Å². The Morgan fingerprint density at radius 3 is 2.94 bits per heavy atom. The van der Waals surface area contributed by atoms with E-state index in [0.717, 1.165) is 29.2 Å². The quantitative estimate of drug-likeness (QED) is 0.743. The van der Waals surface area contributed by atoms with E-state index in [1.807, 2.05) is 18.3 Å². The molecule has 2 fully saturated rings. The predicted octanol–water partition coefficient (Wildman–Crippen LogP) is 2.05. The molecule has 2 aromatic rings. The van der Waals surface area contributed by atoms with Crippen molar-refractivity contribution in [2.45, 2.75) is 12.3 Å². The SMILES string of the molecule is c1ccc2nc(C3CN4CCC3C4)ncc2c1. The number of fused-ring (bicyclic) bond motifs is 3. The Labute approximate surface area is 100 Å². The summed E-state index contributed by atoms with van der Waals surface area (Å²) in [5, 5.41) is 1.14. The second kappa shape index (κ2) is 3.50. The van der Waals surface area contributed by atoms with E-state index in [0.29, 0.717) is 5.92 Å². The van der Waals surface area contributed by atoms with Crippen molar-refractivity contribution in [3.05, 3.63) is 36.3 Å². The summed E-state index contributed by atoms with van der Waals surface area (Å²) in [5.41, 5.74) is 1.08. The normalized spacial score (nSPS) is 31.2. The van der Waals surface area contributed by atoms with Crippen LogP contribution in [0.3, 0.4) is 0 Å². The molecule has 3 heterocycles. The highest BCUT2D eigenvalue weighted by atomic mass is 15.2. The molecule has 3 atom stereocenters. The first-order valence-electron chi connectivity index (χ1n) is 6.34. The van der Waals surface area contributed by atoms with Gasteiger partial charge in [0.25, 0.3) is 0 Å². The van der Waals surface area contributed by atoms with E-state index in [1.54, 1.807) is 0 Å². The molecule has 1 aromatic carbocycles. The lowest BCUT2D eigenvalue weighted by atomic mass is 9.92. The van der Waals surface area contributed by atoms with Gasteiger partial charge in [0.1, 0.15) is 5.82 Å². The highest BCUT2D eigenvalue weighted by Crippen LogP contribution is 2.38. The third kappa shape index (κ3) is 1.46. The average molecular weight is 225 g/mol. The van der Waals surface area contributed by atoms with E-state index < -0.39 is 0 Å². The van der Waals surface area contributed by atoms with Crippen molar-refractivity contribution < 1.29 is 0 Å². The van der Waals surface area contributed by atoms with Crippen molar-refractivity contribution >= 4 is 10.9 Å². The lowest BCUT2D eigenvalue weighted by Gasteiger charge is -2.20. The predicted molar refractivity (Wildman–Crippen MR) is 66.8 cm³/mol. The Bertz CT molecular complexity index is 566. The minimum Gasteiger partial charge on any atom is -0.302 e. The van der Waals surface area contributed by atoms with Crippen molar-refractivity contribution in [1.29, 1.82) is 0 Å². The fourth-order valence-corrected chi connectivity index (χ4v) is 3.24. The van der Waals surface area contributed by atoms with Crippen LogP contribution in [0.25, 0.3) is 10.9 Å². The van der Waals surface area contributed by atoms with Gasteiger partial charge in [-0.2, -0.15) is 0 Å². The standard InChI is InChI=1S/C14H15N3/c1-2-4-13-10(3-1)7-15-14(16-13)12-9-17-6-5-11(12)8-17/h1-4,7,11-12H,5-6,8-9H2. The van der Waals surface area contributed by atoms with Crippen LogP contribution in [0.2, 0.25) is 0 Å². The number of benzene rings is 1. The van der Waals surface area contributed by atoms with E-state index in [1.165, 1.54) is 19.5 Å². The lowest BCUT2D eigenvalue weighted by Crippen LogP contribution is -2.23. The zero-order valence-corrected chi connectivity index (χ0v) is 9.71. The molecule has 4 rings (SSSR count). The van der Waals surface area contributed by atoms with Crippen LogP contribution >= 0.6 is 0 Å². The molecule has 0 aliphatic carbocycles. The van der Waals surface area contributed by atoms with Crippen LogP contribution in [0.5, 0.6) is 0 Å². The Balaban J connectivity index is 1.76. The maximum atomic E-state index is 4.74. The van der Waals surface area contributed by atoms with E-state index in [9.17, 15) is 0 Å². The van der Waals surface area contributed by atoms with Gasteiger partial charge in [0.2, 0.25) is 0 Å². The molecule has 2 aliphatic rings. The van der Waals surface area contributed by atoms with Crippen LogP contribution in [0.15, 0.2) is 30.5 Å². The first-order chi connectivity index (χ1) is 8.40. The summed E-state index contributed by atoms with van der Waals surface area (Å²) >= 11 is 0. The molecule has 1 aromatic heterocycles. The molecule has 2 saturated heterocycles. The summed E-state index contributed by atoms with van der Waals surface area (Å²) in [6.07, 6.45) is 3.29. The molecule has 0 spiro atoms. The van der Waals surface area contributed by atoms with Crippen LogP contribution in [0.4, 0.5) is 0 Å². The number of aromatic nitrogens is 2.